The molecule has 1 aromatic heterocycles. The standard InChI is InChI=1S/C15H21F3N4O2/c1-10(12-3-2-8-24-12)22-14(23)20-7-6-19-13-5-4-11(9-21-13)15(16,17)18/h4-5,9-10,12H,2-3,6-8H2,1H3,(H,19,21)(H2,20,22,23). The molecule has 3 N–H and O–H groups in total. The van der Waals surface area contributed by atoms with Gasteiger partial charge in [0.1, 0.15) is 5.82 Å². The molecule has 2 amide bonds. The van der Waals surface area contributed by atoms with E-state index in [1.54, 1.807) is 0 Å². The summed E-state index contributed by atoms with van der Waals surface area (Å²) in [6, 6.07) is 1.83. The van der Waals surface area contributed by atoms with Crippen molar-refractivity contribution in [1.29, 1.82) is 0 Å². The molecule has 2 heterocycles. The van der Waals surface area contributed by atoms with E-state index in [0.29, 0.717) is 18.9 Å². The molecule has 0 bridgehead atoms. The highest BCUT2D eigenvalue weighted by molar-refractivity contribution is 5.74. The number of nitrogens with one attached hydrogen (secondary N) is 3. The highest BCUT2D eigenvalue weighted by Crippen LogP contribution is 2.28. The van der Waals surface area contributed by atoms with Gasteiger partial charge in [-0.1, -0.05) is 0 Å². The van der Waals surface area contributed by atoms with E-state index in [1.165, 1.54) is 6.07 Å². The molecule has 24 heavy (non-hydrogen) atoms. The van der Waals surface area contributed by atoms with Crippen LogP contribution in [-0.4, -0.2) is 42.9 Å². The number of carbonyl (C=O) groups is 1. The van der Waals surface area contributed by atoms with E-state index in [9.17, 15) is 18.0 Å². The fraction of sp³-hybridized carbons (Fsp3) is 0.600. The third-order valence-electron chi connectivity index (χ3n) is 3.69. The average Bonchev–Trinajstić information content (AvgIpc) is 3.05. The molecule has 1 aliphatic rings. The van der Waals surface area contributed by atoms with E-state index in [0.717, 1.165) is 31.7 Å². The van der Waals surface area contributed by atoms with Gasteiger partial charge in [-0.15, -0.1) is 0 Å². The second-order valence-corrected chi connectivity index (χ2v) is 5.60. The van der Waals surface area contributed by atoms with Crippen LogP contribution in [0, 0.1) is 0 Å². The van der Waals surface area contributed by atoms with E-state index in [4.69, 9.17) is 4.74 Å². The molecule has 0 aliphatic carbocycles. The quantitative estimate of drug-likeness (QED) is 0.692. The van der Waals surface area contributed by atoms with Crippen LogP contribution < -0.4 is 16.0 Å². The number of carbonyl (C=O) groups excluding carboxylic acids is 1. The van der Waals surface area contributed by atoms with Gasteiger partial charge in [-0.05, 0) is 31.9 Å². The van der Waals surface area contributed by atoms with Crippen molar-refractivity contribution in [2.24, 2.45) is 0 Å². The topological polar surface area (TPSA) is 75.3 Å². The summed E-state index contributed by atoms with van der Waals surface area (Å²) >= 11 is 0. The number of alkyl halides is 3. The van der Waals surface area contributed by atoms with Gasteiger partial charge in [0.2, 0.25) is 0 Å². The Kier molecular flexibility index (Phi) is 6.24. The minimum absolute atomic E-state index is 0.0465. The highest BCUT2D eigenvalue weighted by Gasteiger charge is 2.30. The van der Waals surface area contributed by atoms with Crippen molar-refractivity contribution in [3.8, 4) is 0 Å². The Bertz CT molecular complexity index is 531. The Morgan fingerprint density at radius 1 is 1.42 bits per heavy atom. The van der Waals surface area contributed by atoms with E-state index >= 15 is 0 Å². The minimum atomic E-state index is -4.40. The number of hydrogen-bond donors (Lipinski definition) is 3. The van der Waals surface area contributed by atoms with E-state index in [2.05, 4.69) is 20.9 Å². The van der Waals surface area contributed by atoms with Gasteiger partial charge in [-0.2, -0.15) is 13.2 Å². The fourth-order valence-electron chi connectivity index (χ4n) is 2.38. The van der Waals surface area contributed by atoms with E-state index in [1.807, 2.05) is 6.92 Å². The van der Waals surface area contributed by atoms with Gasteiger partial charge in [-0.3, -0.25) is 0 Å². The Morgan fingerprint density at radius 2 is 2.21 bits per heavy atom. The molecule has 9 heteroatoms. The molecule has 0 radical (unpaired) electrons. The zero-order valence-electron chi connectivity index (χ0n) is 13.3. The first-order valence-corrected chi connectivity index (χ1v) is 7.79. The number of amides is 2. The van der Waals surface area contributed by atoms with Gasteiger partial charge in [0.15, 0.2) is 0 Å². The molecule has 2 rings (SSSR count). The molecule has 0 spiro atoms. The molecule has 0 saturated carbocycles. The number of hydrogen-bond acceptors (Lipinski definition) is 4. The molecule has 6 nitrogen and oxygen atoms in total. The van der Waals surface area contributed by atoms with E-state index in [-0.39, 0.29) is 18.2 Å². The van der Waals surface area contributed by atoms with Crippen LogP contribution >= 0.6 is 0 Å². The first-order chi connectivity index (χ1) is 11.4. The summed E-state index contributed by atoms with van der Waals surface area (Å²) in [5.41, 5.74) is -0.798. The lowest BCUT2D eigenvalue weighted by atomic mass is 10.1. The molecule has 1 saturated heterocycles. The maximum absolute atomic E-state index is 12.4. The Hall–Kier alpha value is -2.03. The van der Waals surface area contributed by atoms with Crippen molar-refractivity contribution in [3.63, 3.8) is 0 Å². The van der Waals surface area contributed by atoms with Gasteiger partial charge in [0.25, 0.3) is 0 Å². The summed E-state index contributed by atoms with van der Waals surface area (Å²) in [6.45, 7) is 3.27. The Balaban J connectivity index is 1.64. The number of aromatic nitrogens is 1. The number of rotatable bonds is 6. The third kappa shape index (κ3) is 5.55. The van der Waals surface area contributed by atoms with Crippen molar-refractivity contribution >= 4 is 11.8 Å². The zero-order valence-corrected chi connectivity index (χ0v) is 13.3. The normalized spacial score (nSPS) is 18.9. The van der Waals surface area contributed by atoms with Crippen molar-refractivity contribution in [1.82, 2.24) is 15.6 Å². The van der Waals surface area contributed by atoms with Crippen molar-refractivity contribution in [2.75, 3.05) is 25.0 Å². The Morgan fingerprint density at radius 3 is 2.79 bits per heavy atom. The summed E-state index contributed by atoms with van der Waals surface area (Å²) in [6.07, 6.45) is -1.65. The van der Waals surface area contributed by atoms with Crippen molar-refractivity contribution in [2.45, 2.75) is 38.1 Å². The number of halogens is 3. The summed E-state index contributed by atoms with van der Waals surface area (Å²) in [5.74, 6) is 0.318. The SMILES string of the molecule is CC(NC(=O)NCCNc1ccc(C(F)(F)F)cn1)C1CCCO1. The van der Waals surface area contributed by atoms with Gasteiger partial charge >= 0.3 is 12.2 Å². The van der Waals surface area contributed by atoms with E-state index < -0.39 is 11.7 Å². The van der Waals surface area contributed by atoms with Crippen LogP contribution in [0.15, 0.2) is 18.3 Å². The summed E-state index contributed by atoms with van der Waals surface area (Å²) in [5, 5.41) is 8.31. The van der Waals surface area contributed by atoms with Crippen LogP contribution in [0.1, 0.15) is 25.3 Å². The predicted octanol–water partition coefficient (Wildman–Crippen LogP) is 2.38. The molecule has 1 fully saturated rings. The lowest BCUT2D eigenvalue weighted by Gasteiger charge is -2.20. The number of anilines is 1. The summed E-state index contributed by atoms with van der Waals surface area (Å²) in [4.78, 5) is 15.4. The Labute approximate surface area is 138 Å². The summed E-state index contributed by atoms with van der Waals surface area (Å²) < 4.78 is 42.7. The van der Waals surface area contributed by atoms with Crippen molar-refractivity contribution in [3.05, 3.63) is 23.9 Å². The first kappa shape index (κ1) is 18.3. The highest BCUT2D eigenvalue weighted by atomic mass is 19.4. The van der Waals surface area contributed by atoms with Crippen LogP contribution in [-0.2, 0) is 10.9 Å². The van der Waals surface area contributed by atoms with Gasteiger partial charge in [-0.25, -0.2) is 9.78 Å². The van der Waals surface area contributed by atoms with Gasteiger partial charge in [0.05, 0.1) is 17.7 Å². The van der Waals surface area contributed by atoms with Crippen LogP contribution in [0.2, 0.25) is 0 Å². The average molecular weight is 346 g/mol. The molecular formula is C15H21F3N4O2. The molecular weight excluding hydrogens is 325 g/mol. The zero-order chi connectivity index (χ0) is 17.6. The predicted molar refractivity (Wildman–Crippen MR) is 82.7 cm³/mol. The lowest BCUT2D eigenvalue weighted by Crippen LogP contribution is -2.46. The van der Waals surface area contributed by atoms with Crippen LogP contribution in [0.3, 0.4) is 0 Å². The molecule has 2 atom stereocenters. The van der Waals surface area contributed by atoms with Crippen molar-refractivity contribution < 1.29 is 22.7 Å². The first-order valence-electron chi connectivity index (χ1n) is 7.79. The molecule has 1 aromatic rings. The molecule has 134 valence electrons. The lowest BCUT2D eigenvalue weighted by molar-refractivity contribution is -0.137. The molecule has 1 aliphatic heterocycles. The third-order valence-corrected chi connectivity index (χ3v) is 3.69. The second kappa shape index (κ2) is 8.18. The second-order valence-electron chi connectivity index (χ2n) is 5.60. The van der Waals surface area contributed by atoms with Crippen LogP contribution in [0.4, 0.5) is 23.8 Å². The maximum Gasteiger partial charge on any atom is 0.417 e. The van der Waals surface area contributed by atoms with Gasteiger partial charge < -0.3 is 20.7 Å². The molecule has 2 unspecified atom stereocenters. The minimum Gasteiger partial charge on any atom is -0.376 e. The smallest absolute Gasteiger partial charge is 0.376 e. The van der Waals surface area contributed by atoms with Crippen LogP contribution in [0.25, 0.3) is 0 Å². The molecule has 0 aromatic carbocycles. The summed E-state index contributed by atoms with van der Waals surface area (Å²) in [7, 11) is 0. The monoisotopic (exact) mass is 346 g/mol. The number of ether oxygens (including phenoxy) is 1. The number of urea groups is 1. The maximum atomic E-state index is 12.4. The van der Waals surface area contributed by atoms with Gasteiger partial charge in [0, 0.05) is 25.9 Å². The van der Waals surface area contributed by atoms with Crippen LogP contribution in [0.5, 0.6) is 0 Å². The number of pyridine rings is 1. The number of nitrogens with zero attached hydrogens (tertiary/aromatic N) is 1. The largest absolute Gasteiger partial charge is 0.417 e. The fourth-order valence-corrected chi connectivity index (χ4v) is 2.38.